The van der Waals surface area contributed by atoms with Crippen LogP contribution in [-0.4, -0.2) is 16.7 Å². The van der Waals surface area contributed by atoms with Gasteiger partial charge in [-0.15, -0.1) is 0 Å². The van der Waals surface area contributed by atoms with Gasteiger partial charge in [-0.1, -0.05) is 11.8 Å². The maximum Gasteiger partial charge on any atom is 0.303 e. The van der Waals surface area contributed by atoms with E-state index in [0.29, 0.717) is 5.69 Å². The van der Waals surface area contributed by atoms with E-state index in [1.165, 1.54) is 13.2 Å². The molecule has 0 aliphatic heterocycles. The van der Waals surface area contributed by atoms with Crippen molar-refractivity contribution >= 4 is 17.7 Å². The molecule has 8 heteroatoms. The zero-order valence-corrected chi connectivity index (χ0v) is 10.2. The van der Waals surface area contributed by atoms with Crippen molar-refractivity contribution in [2.24, 2.45) is 0 Å². The fraction of sp³-hybridized carbons (Fsp3) is 0.400. The van der Waals surface area contributed by atoms with Gasteiger partial charge in [-0.2, -0.15) is 8.78 Å². The van der Waals surface area contributed by atoms with E-state index in [2.05, 4.69) is 9.72 Å². The van der Waals surface area contributed by atoms with Crippen LogP contribution in [0.15, 0.2) is 27.8 Å². The van der Waals surface area contributed by atoms with Crippen molar-refractivity contribution in [3.8, 4) is 0 Å². The molecule has 0 aromatic carbocycles. The van der Waals surface area contributed by atoms with Gasteiger partial charge in [0.25, 0.3) is 5.22 Å². The number of carbonyl (C=O) groups excluding carboxylic acids is 1. The zero-order chi connectivity index (χ0) is 13.5. The molecular formula is C10H10F3NO3S. The third kappa shape index (κ3) is 5.26. The summed E-state index contributed by atoms with van der Waals surface area (Å²) in [4.78, 5) is 14.4. The van der Waals surface area contributed by atoms with Crippen LogP contribution in [0.4, 0.5) is 13.2 Å². The highest BCUT2D eigenvalue weighted by Crippen LogP contribution is 2.22. The summed E-state index contributed by atoms with van der Waals surface area (Å²) >= 11 is 0.995. The summed E-state index contributed by atoms with van der Waals surface area (Å²) in [6.07, 6.45) is -1.42. The van der Waals surface area contributed by atoms with Gasteiger partial charge in [0.1, 0.15) is 18.6 Å². The van der Waals surface area contributed by atoms with E-state index in [1.807, 2.05) is 0 Å². The third-order valence-corrected chi connectivity index (χ3v) is 2.55. The molecule has 0 aliphatic carbocycles. The van der Waals surface area contributed by atoms with Crippen molar-refractivity contribution in [2.45, 2.75) is 25.2 Å². The van der Waals surface area contributed by atoms with Crippen molar-refractivity contribution in [1.29, 1.82) is 0 Å². The molecule has 0 N–H and O–H groups in total. The van der Waals surface area contributed by atoms with Crippen molar-refractivity contribution in [3.05, 3.63) is 23.9 Å². The predicted molar refractivity (Wildman–Crippen MR) is 57.7 cm³/mol. The number of halogens is 3. The Morgan fingerprint density at radius 3 is 2.83 bits per heavy atom. The topological polar surface area (TPSA) is 52.3 Å². The Labute approximate surface area is 105 Å². The standard InChI is InChI=1S/C10H10F3NO3S/c1-6(15)16-4-7-5-17-10(14-7)18-3-2-8(11)9(12)13/h5H,2-4H2,1H3. The average Bonchev–Trinajstić information content (AvgIpc) is 2.74. The highest BCUT2D eigenvalue weighted by Gasteiger charge is 2.09. The van der Waals surface area contributed by atoms with Crippen molar-refractivity contribution in [3.63, 3.8) is 0 Å². The van der Waals surface area contributed by atoms with Crippen LogP contribution in [0.3, 0.4) is 0 Å². The second-order valence-electron chi connectivity index (χ2n) is 3.15. The van der Waals surface area contributed by atoms with Gasteiger partial charge in [0.15, 0.2) is 5.83 Å². The maximum atomic E-state index is 12.5. The molecule has 1 rings (SSSR count). The van der Waals surface area contributed by atoms with E-state index >= 15 is 0 Å². The smallest absolute Gasteiger partial charge is 0.303 e. The molecule has 18 heavy (non-hydrogen) atoms. The van der Waals surface area contributed by atoms with Crippen LogP contribution >= 0.6 is 11.8 Å². The Morgan fingerprint density at radius 1 is 1.50 bits per heavy atom. The first-order chi connectivity index (χ1) is 8.49. The van der Waals surface area contributed by atoms with Crippen LogP contribution < -0.4 is 0 Å². The van der Waals surface area contributed by atoms with Gasteiger partial charge >= 0.3 is 12.0 Å². The Hall–Kier alpha value is -1.44. The minimum absolute atomic E-state index is 0.0211. The molecule has 1 heterocycles. The lowest BCUT2D eigenvalue weighted by atomic mass is 10.4. The first kappa shape index (κ1) is 14.6. The number of carbonyl (C=O) groups is 1. The van der Waals surface area contributed by atoms with E-state index in [1.54, 1.807) is 0 Å². The van der Waals surface area contributed by atoms with Crippen LogP contribution in [0.1, 0.15) is 19.0 Å². The van der Waals surface area contributed by atoms with Crippen LogP contribution in [0.5, 0.6) is 0 Å². The Kier molecular flexibility index (Phi) is 5.76. The van der Waals surface area contributed by atoms with E-state index in [0.717, 1.165) is 11.8 Å². The molecule has 0 saturated carbocycles. The van der Waals surface area contributed by atoms with E-state index in [9.17, 15) is 18.0 Å². The van der Waals surface area contributed by atoms with Crippen molar-refractivity contribution < 1.29 is 27.1 Å². The molecule has 0 unspecified atom stereocenters. The molecule has 0 amide bonds. The molecule has 0 aliphatic rings. The molecule has 0 saturated heterocycles. The van der Waals surface area contributed by atoms with Gasteiger partial charge in [0, 0.05) is 19.1 Å². The Morgan fingerprint density at radius 2 is 2.22 bits per heavy atom. The van der Waals surface area contributed by atoms with Crippen LogP contribution in [-0.2, 0) is 16.1 Å². The molecule has 1 aromatic rings. The number of hydrogen-bond donors (Lipinski definition) is 0. The van der Waals surface area contributed by atoms with Gasteiger partial charge in [0.05, 0.1) is 0 Å². The number of ether oxygens (including phenoxy) is 1. The highest BCUT2D eigenvalue weighted by atomic mass is 32.2. The summed E-state index contributed by atoms with van der Waals surface area (Å²) in [6, 6.07) is 0. The number of oxazole rings is 1. The van der Waals surface area contributed by atoms with E-state index in [-0.39, 0.29) is 17.6 Å². The van der Waals surface area contributed by atoms with Crippen LogP contribution in [0, 0.1) is 0 Å². The molecular weight excluding hydrogens is 271 g/mol. The number of rotatable bonds is 6. The number of nitrogens with zero attached hydrogens (tertiary/aromatic N) is 1. The maximum absolute atomic E-state index is 12.5. The minimum atomic E-state index is -2.31. The average molecular weight is 281 g/mol. The van der Waals surface area contributed by atoms with E-state index < -0.39 is 24.3 Å². The predicted octanol–water partition coefficient (Wildman–Crippen LogP) is 3.30. The Balaban J connectivity index is 2.35. The normalized spacial score (nSPS) is 10.2. The molecule has 0 spiro atoms. The SMILES string of the molecule is CC(=O)OCc1coc(SCCC(F)=C(F)F)n1. The second-order valence-corrected chi connectivity index (χ2v) is 4.19. The summed E-state index contributed by atoms with van der Waals surface area (Å²) in [5.74, 6) is -1.80. The highest BCUT2D eigenvalue weighted by molar-refractivity contribution is 7.99. The number of allylic oxidation sites excluding steroid dienone is 1. The molecule has 0 atom stereocenters. The second kappa shape index (κ2) is 7.10. The molecule has 0 fully saturated rings. The lowest BCUT2D eigenvalue weighted by Gasteiger charge is -1.96. The van der Waals surface area contributed by atoms with E-state index in [4.69, 9.17) is 4.42 Å². The van der Waals surface area contributed by atoms with Gasteiger partial charge in [-0.3, -0.25) is 4.79 Å². The quantitative estimate of drug-likeness (QED) is 0.591. The lowest BCUT2D eigenvalue weighted by molar-refractivity contribution is -0.142. The fourth-order valence-electron chi connectivity index (χ4n) is 0.919. The lowest BCUT2D eigenvalue weighted by Crippen LogP contribution is -1.98. The summed E-state index contributed by atoms with van der Waals surface area (Å²) in [6.45, 7) is 1.24. The summed E-state index contributed by atoms with van der Waals surface area (Å²) in [7, 11) is 0. The fourth-order valence-corrected chi connectivity index (χ4v) is 1.67. The first-order valence-corrected chi connectivity index (χ1v) is 5.88. The molecule has 4 nitrogen and oxygen atoms in total. The number of esters is 1. The van der Waals surface area contributed by atoms with Crippen molar-refractivity contribution in [2.75, 3.05) is 5.75 Å². The summed E-state index contributed by atoms with van der Waals surface area (Å²) in [5.41, 5.74) is 0.403. The molecule has 100 valence electrons. The summed E-state index contributed by atoms with van der Waals surface area (Å²) in [5, 5.41) is 0.212. The van der Waals surface area contributed by atoms with Crippen LogP contribution in [0.2, 0.25) is 0 Å². The first-order valence-electron chi connectivity index (χ1n) is 4.89. The monoisotopic (exact) mass is 281 g/mol. The Bertz CT molecular complexity index is 443. The van der Waals surface area contributed by atoms with Gasteiger partial charge in [-0.05, 0) is 0 Å². The largest absolute Gasteiger partial charge is 0.459 e. The molecule has 1 aromatic heterocycles. The number of hydrogen-bond acceptors (Lipinski definition) is 5. The molecule has 0 radical (unpaired) electrons. The van der Waals surface area contributed by atoms with Gasteiger partial charge in [0.2, 0.25) is 0 Å². The van der Waals surface area contributed by atoms with Crippen LogP contribution in [0.25, 0.3) is 0 Å². The zero-order valence-electron chi connectivity index (χ0n) is 9.41. The number of thioether (sulfide) groups is 1. The van der Waals surface area contributed by atoms with Gasteiger partial charge in [-0.25, -0.2) is 9.37 Å². The van der Waals surface area contributed by atoms with Crippen molar-refractivity contribution in [1.82, 2.24) is 4.98 Å². The van der Waals surface area contributed by atoms with Gasteiger partial charge < -0.3 is 9.15 Å². The third-order valence-electron chi connectivity index (χ3n) is 1.71. The number of aromatic nitrogens is 1. The summed E-state index contributed by atoms with van der Waals surface area (Å²) < 4.78 is 45.6. The minimum Gasteiger partial charge on any atom is -0.459 e. The molecule has 0 bridgehead atoms.